The zero-order valence-corrected chi connectivity index (χ0v) is 10.4. The van der Waals surface area contributed by atoms with Gasteiger partial charge in [0.15, 0.2) is 0 Å². The smallest absolute Gasteiger partial charge is 0.320 e. The molecule has 1 unspecified atom stereocenters. The Labute approximate surface area is 101 Å². The highest BCUT2D eigenvalue weighted by molar-refractivity contribution is 5.73. The summed E-state index contributed by atoms with van der Waals surface area (Å²) in [5, 5.41) is 8.77. The SMILES string of the molecule is COc1ccc(CC(N)C(=O)O)cc1C(C)C. The van der Waals surface area contributed by atoms with Crippen molar-refractivity contribution in [3.8, 4) is 5.75 Å². The molecule has 0 amide bonds. The zero-order chi connectivity index (χ0) is 13.0. The van der Waals surface area contributed by atoms with Crippen LogP contribution in [0.25, 0.3) is 0 Å². The van der Waals surface area contributed by atoms with Gasteiger partial charge in [0.25, 0.3) is 0 Å². The molecule has 1 atom stereocenters. The first-order chi connectivity index (χ1) is 7.95. The summed E-state index contributed by atoms with van der Waals surface area (Å²) in [6.45, 7) is 4.14. The lowest BCUT2D eigenvalue weighted by Gasteiger charge is -2.14. The third-order valence-electron chi connectivity index (χ3n) is 2.69. The van der Waals surface area contributed by atoms with E-state index in [9.17, 15) is 4.79 Å². The van der Waals surface area contributed by atoms with E-state index in [1.54, 1.807) is 7.11 Å². The van der Waals surface area contributed by atoms with Gasteiger partial charge in [0.2, 0.25) is 0 Å². The monoisotopic (exact) mass is 237 g/mol. The van der Waals surface area contributed by atoms with Gasteiger partial charge < -0.3 is 15.6 Å². The fraction of sp³-hybridized carbons (Fsp3) is 0.462. The number of nitrogens with two attached hydrogens (primary N) is 1. The zero-order valence-electron chi connectivity index (χ0n) is 10.4. The van der Waals surface area contributed by atoms with Gasteiger partial charge in [-0.2, -0.15) is 0 Å². The van der Waals surface area contributed by atoms with Crippen molar-refractivity contribution in [3.63, 3.8) is 0 Å². The number of hydrogen-bond donors (Lipinski definition) is 2. The summed E-state index contributed by atoms with van der Waals surface area (Å²) in [4.78, 5) is 10.7. The number of aliphatic carboxylic acids is 1. The Morgan fingerprint density at radius 2 is 2.12 bits per heavy atom. The van der Waals surface area contributed by atoms with E-state index in [2.05, 4.69) is 13.8 Å². The van der Waals surface area contributed by atoms with Gasteiger partial charge in [-0.1, -0.05) is 26.0 Å². The second-order valence-corrected chi connectivity index (χ2v) is 4.38. The molecule has 1 rings (SSSR count). The quantitative estimate of drug-likeness (QED) is 0.818. The predicted octanol–water partition coefficient (Wildman–Crippen LogP) is 1.77. The predicted molar refractivity (Wildman–Crippen MR) is 66.4 cm³/mol. The van der Waals surface area contributed by atoms with Crippen LogP contribution >= 0.6 is 0 Å². The number of rotatable bonds is 5. The van der Waals surface area contributed by atoms with E-state index in [1.807, 2.05) is 18.2 Å². The maximum Gasteiger partial charge on any atom is 0.320 e. The lowest BCUT2D eigenvalue weighted by molar-refractivity contribution is -0.138. The topological polar surface area (TPSA) is 72.5 Å². The molecule has 17 heavy (non-hydrogen) atoms. The van der Waals surface area contributed by atoms with Crippen molar-refractivity contribution in [1.82, 2.24) is 0 Å². The molecule has 0 radical (unpaired) electrons. The molecule has 0 heterocycles. The van der Waals surface area contributed by atoms with Crippen molar-refractivity contribution < 1.29 is 14.6 Å². The highest BCUT2D eigenvalue weighted by Crippen LogP contribution is 2.27. The maximum absolute atomic E-state index is 10.7. The van der Waals surface area contributed by atoms with E-state index in [0.717, 1.165) is 16.9 Å². The van der Waals surface area contributed by atoms with E-state index in [4.69, 9.17) is 15.6 Å². The van der Waals surface area contributed by atoms with Crippen molar-refractivity contribution in [2.45, 2.75) is 32.2 Å². The average Bonchev–Trinajstić information content (AvgIpc) is 2.28. The first-order valence-corrected chi connectivity index (χ1v) is 5.61. The number of hydrogen-bond acceptors (Lipinski definition) is 3. The lowest BCUT2D eigenvalue weighted by atomic mass is 9.97. The summed E-state index contributed by atoms with van der Waals surface area (Å²) in [6, 6.07) is 4.82. The van der Waals surface area contributed by atoms with Crippen LogP contribution in [0.2, 0.25) is 0 Å². The molecule has 3 N–H and O–H groups in total. The molecular formula is C13H19NO3. The van der Waals surface area contributed by atoms with Gasteiger partial charge in [0, 0.05) is 0 Å². The molecule has 4 nitrogen and oxygen atoms in total. The summed E-state index contributed by atoms with van der Waals surface area (Å²) >= 11 is 0. The minimum atomic E-state index is -0.980. The Morgan fingerprint density at radius 1 is 1.47 bits per heavy atom. The molecule has 0 aliphatic rings. The second kappa shape index (κ2) is 5.68. The molecule has 0 aromatic heterocycles. The van der Waals surface area contributed by atoms with Gasteiger partial charge in [-0.25, -0.2) is 0 Å². The van der Waals surface area contributed by atoms with Crippen LogP contribution in [0, 0.1) is 0 Å². The van der Waals surface area contributed by atoms with Gasteiger partial charge >= 0.3 is 5.97 Å². The van der Waals surface area contributed by atoms with Crippen molar-refractivity contribution in [2.75, 3.05) is 7.11 Å². The van der Waals surface area contributed by atoms with Crippen molar-refractivity contribution in [1.29, 1.82) is 0 Å². The second-order valence-electron chi connectivity index (χ2n) is 4.38. The van der Waals surface area contributed by atoms with Crippen molar-refractivity contribution >= 4 is 5.97 Å². The number of carboxylic acid groups (broad SMARTS) is 1. The first kappa shape index (κ1) is 13.5. The summed E-state index contributed by atoms with van der Waals surface area (Å²) in [5.74, 6) is 0.172. The molecule has 0 saturated heterocycles. The van der Waals surface area contributed by atoms with E-state index >= 15 is 0 Å². The van der Waals surface area contributed by atoms with Gasteiger partial charge in [-0.15, -0.1) is 0 Å². The molecule has 0 aliphatic carbocycles. The fourth-order valence-corrected chi connectivity index (χ4v) is 1.70. The minimum Gasteiger partial charge on any atom is -0.496 e. The highest BCUT2D eigenvalue weighted by atomic mass is 16.5. The molecule has 0 saturated carbocycles. The molecule has 0 bridgehead atoms. The molecule has 0 spiro atoms. The molecular weight excluding hydrogens is 218 g/mol. The van der Waals surface area contributed by atoms with E-state index in [1.165, 1.54) is 0 Å². The van der Waals surface area contributed by atoms with Crippen LogP contribution in [-0.2, 0) is 11.2 Å². The van der Waals surface area contributed by atoms with Crippen LogP contribution < -0.4 is 10.5 Å². The maximum atomic E-state index is 10.7. The van der Waals surface area contributed by atoms with E-state index in [0.29, 0.717) is 12.3 Å². The molecule has 1 aromatic carbocycles. The highest BCUT2D eigenvalue weighted by Gasteiger charge is 2.14. The third-order valence-corrected chi connectivity index (χ3v) is 2.69. The van der Waals surface area contributed by atoms with Gasteiger partial charge in [0.1, 0.15) is 11.8 Å². The Morgan fingerprint density at radius 3 is 2.59 bits per heavy atom. The standard InChI is InChI=1S/C13H19NO3/c1-8(2)10-6-9(4-5-12(10)17-3)7-11(14)13(15)16/h4-6,8,11H,7,14H2,1-3H3,(H,15,16). The van der Waals surface area contributed by atoms with Gasteiger partial charge in [-0.05, 0) is 29.5 Å². The van der Waals surface area contributed by atoms with Crippen molar-refractivity contribution in [2.24, 2.45) is 5.73 Å². The molecule has 4 heteroatoms. The number of ether oxygens (including phenoxy) is 1. The van der Waals surface area contributed by atoms with Gasteiger partial charge in [0.05, 0.1) is 7.11 Å². The number of benzene rings is 1. The van der Waals surface area contributed by atoms with Crippen LogP contribution in [0.15, 0.2) is 18.2 Å². The summed E-state index contributed by atoms with van der Waals surface area (Å²) in [6.07, 6.45) is 0.332. The van der Waals surface area contributed by atoms with Gasteiger partial charge in [-0.3, -0.25) is 4.79 Å². The van der Waals surface area contributed by atoms with E-state index < -0.39 is 12.0 Å². The van der Waals surface area contributed by atoms with Crippen molar-refractivity contribution in [3.05, 3.63) is 29.3 Å². The summed E-state index contributed by atoms with van der Waals surface area (Å²) in [5.41, 5.74) is 7.51. The largest absolute Gasteiger partial charge is 0.496 e. The molecule has 0 fully saturated rings. The lowest BCUT2D eigenvalue weighted by Crippen LogP contribution is -2.32. The van der Waals surface area contributed by atoms with E-state index in [-0.39, 0.29) is 0 Å². The molecule has 0 aliphatic heterocycles. The Balaban J connectivity index is 2.96. The third kappa shape index (κ3) is 3.46. The van der Waals surface area contributed by atoms with Crippen LogP contribution in [0.1, 0.15) is 30.9 Å². The summed E-state index contributed by atoms with van der Waals surface area (Å²) in [7, 11) is 1.63. The number of carboxylic acids is 1. The van der Waals surface area contributed by atoms with Crippen LogP contribution in [-0.4, -0.2) is 24.2 Å². The minimum absolute atomic E-state index is 0.325. The summed E-state index contributed by atoms with van der Waals surface area (Å²) < 4.78 is 5.27. The number of carbonyl (C=O) groups is 1. The van der Waals surface area contributed by atoms with Crippen LogP contribution in [0.5, 0.6) is 5.75 Å². The molecule has 94 valence electrons. The fourth-order valence-electron chi connectivity index (χ4n) is 1.70. The Hall–Kier alpha value is -1.55. The number of methoxy groups -OCH3 is 1. The Bertz CT molecular complexity index is 402. The average molecular weight is 237 g/mol. The normalized spacial score (nSPS) is 12.5. The first-order valence-electron chi connectivity index (χ1n) is 5.61. The van der Waals surface area contributed by atoms with Crippen LogP contribution in [0.3, 0.4) is 0 Å². The van der Waals surface area contributed by atoms with Crippen LogP contribution in [0.4, 0.5) is 0 Å². The molecule has 1 aromatic rings. The Kier molecular flexibility index (Phi) is 4.52.